The molecule has 0 radical (unpaired) electrons. The maximum Gasteiger partial charge on any atom is 0.339 e. The number of esters is 1. The molecule has 0 saturated carbocycles. The van der Waals surface area contributed by atoms with Crippen molar-refractivity contribution in [2.45, 2.75) is 0 Å². The van der Waals surface area contributed by atoms with E-state index >= 15 is 0 Å². The van der Waals surface area contributed by atoms with Gasteiger partial charge < -0.3 is 10.1 Å². The zero-order valence-electron chi connectivity index (χ0n) is 12.6. The highest BCUT2D eigenvalue weighted by Crippen LogP contribution is 2.21. The normalized spacial score (nSPS) is 10.3. The summed E-state index contributed by atoms with van der Waals surface area (Å²) in [6.07, 6.45) is 0. The average Bonchev–Trinajstić information content (AvgIpc) is 2.61. The predicted octanol–water partition coefficient (Wildman–Crippen LogP) is 3.88. The summed E-state index contributed by atoms with van der Waals surface area (Å²) in [6, 6.07) is 20.0. The van der Waals surface area contributed by atoms with E-state index in [-0.39, 0.29) is 5.91 Å². The van der Waals surface area contributed by atoms with Crippen molar-refractivity contribution in [2.24, 2.45) is 0 Å². The summed E-state index contributed by atoms with van der Waals surface area (Å²) in [7, 11) is 1.31. The predicted molar refractivity (Wildman–Crippen MR) is 89.7 cm³/mol. The molecule has 3 aromatic carbocycles. The van der Waals surface area contributed by atoms with E-state index in [2.05, 4.69) is 5.32 Å². The molecule has 0 spiro atoms. The maximum atomic E-state index is 12.6. The van der Waals surface area contributed by atoms with Crippen molar-refractivity contribution < 1.29 is 14.3 Å². The van der Waals surface area contributed by atoms with Crippen molar-refractivity contribution in [3.05, 3.63) is 77.9 Å². The summed E-state index contributed by atoms with van der Waals surface area (Å²) < 4.78 is 4.74. The van der Waals surface area contributed by atoms with E-state index in [1.54, 1.807) is 30.3 Å². The Labute approximate surface area is 133 Å². The lowest BCUT2D eigenvalue weighted by atomic mass is 10.0. The average molecular weight is 305 g/mol. The third-order valence-electron chi connectivity index (χ3n) is 3.61. The summed E-state index contributed by atoms with van der Waals surface area (Å²) >= 11 is 0. The van der Waals surface area contributed by atoms with Crippen molar-refractivity contribution in [1.82, 2.24) is 0 Å². The zero-order chi connectivity index (χ0) is 16.2. The van der Waals surface area contributed by atoms with E-state index in [0.29, 0.717) is 16.8 Å². The van der Waals surface area contributed by atoms with Gasteiger partial charge in [-0.1, -0.05) is 48.5 Å². The third-order valence-corrected chi connectivity index (χ3v) is 3.61. The van der Waals surface area contributed by atoms with E-state index in [1.165, 1.54) is 7.11 Å². The van der Waals surface area contributed by atoms with Crippen molar-refractivity contribution in [3.8, 4) is 0 Å². The van der Waals surface area contributed by atoms with Crippen molar-refractivity contribution in [2.75, 3.05) is 12.4 Å². The molecule has 0 heterocycles. The number of carbonyl (C=O) groups is 2. The van der Waals surface area contributed by atoms with Crippen LogP contribution in [0.3, 0.4) is 0 Å². The molecule has 0 aliphatic rings. The standard InChI is InChI=1S/C19H15NO3/c1-23-19(22)16-10-4-5-12-17(16)20-18(21)15-11-6-8-13-7-2-3-9-14(13)15/h2-12H,1H3,(H,20,21). The van der Waals surface area contributed by atoms with Gasteiger partial charge in [0.05, 0.1) is 18.4 Å². The maximum absolute atomic E-state index is 12.6. The van der Waals surface area contributed by atoms with Gasteiger partial charge in [0, 0.05) is 5.56 Å². The Bertz CT molecular complexity index is 881. The van der Waals surface area contributed by atoms with Crippen molar-refractivity contribution >= 4 is 28.3 Å². The Morgan fingerprint density at radius 1 is 0.826 bits per heavy atom. The molecule has 114 valence electrons. The van der Waals surface area contributed by atoms with Crippen LogP contribution in [0.25, 0.3) is 10.8 Å². The topological polar surface area (TPSA) is 55.4 Å². The van der Waals surface area contributed by atoms with Gasteiger partial charge in [0.15, 0.2) is 0 Å². The first-order valence-electron chi connectivity index (χ1n) is 7.17. The van der Waals surface area contributed by atoms with Gasteiger partial charge in [-0.15, -0.1) is 0 Å². The molecule has 23 heavy (non-hydrogen) atoms. The van der Waals surface area contributed by atoms with Crippen LogP contribution in [0.2, 0.25) is 0 Å². The monoisotopic (exact) mass is 305 g/mol. The van der Waals surface area contributed by atoms with E-state index in [4.69, 9.17) is 4.74 Å². The molecule has 0 bridgehead atoms. The molecule has 0 saturated heterocycles. The number of methoxy groups -OCH3 is 1. The molecule has 4 heteroatoms. The first kappa shape index (κ1) is 14.8. The van der Waals surface area contributed by atoms with Gasteiger partial charge in [0.2, 0.25) is 0 Å². The first-order chi connectivity index (χ1) is 11.2. The highest BCUT2D eigenvalue weighted by Gasteiger charge is 2.15. The molecule has 0 aromatic heterocycles. The summed E-state index contributed by atoms with van der Waals surface area (Å²) in [5.41, 5.74) is 1.31. The molecule has 0 fully saturated rings. The van der Waals surface area contributed by atoms with Crippen molar-refractivity contribution in [1.29, 1.82) is 0 Å². The molecule has 1 N–H and O–H groups in total. The summed E-state index contributed by atoms with van der Waals surface area (Å²) in [5, 5.41) is 4.65. The molecule has 4 nitrogen and oxygen atoms in total. The molecule has 1 amide bonds. The fourth-order valence-electron chi connectivity index (χ4n) is 2.49. The highest BCUT2D eigenvalue weighted by atomic mass is 16.5. The number of hydrogen-bond acceptors (Lipinski definition) is 3. The van der Waals surface area contributed by atoms with Crippen LogP contribution in [0.15, 0.2) is 66.7 Å². The lowest BCUT2D eigenvalue weighted by molar-refractivity contribution is 0.0602. The summed E-state index contributed by atoms with van der Waals surface area (Å²) in [6.45, 7) is 0. The van der Waals surface area contributed by atoms with Gasteiger partial charge in [-0.2, -0.15) is 0 Å². The quantitative estimate of drug-likeness (QED) is 0.747. The molecule has 0 aliphatic heterocycles. The first-order valence-corrected chi connectivity index (χ1v) is 7.17. The minimum Gasteiger partial charge on any atom is -0.465 e. The third kappa shape index (κ3) is 2.92. The van der Waals surface area contributed by atoms with Gasteiger partial charge in [-0.3, -0.25) is 4.79 Å². The Kier molecular flexibility index (Phi) is 4.06. The highest BCUT2D eigenvalue weighted by molar-refractivity contribution is 6.14. The number of para-hydroxylation sites is 1. The van der Waals surface area contributed by atoms with E-state index in [1.807, 2.05) is 36.4 Å². The molecule has 0 aliphatic carbocycles. The number of nitrogens with one attached hydrogen (secondary N) is 1. The minimum atomic E-state index is -0.487. The molecule has 3 aromatic rings. The molecule has 0 unspecified atom stereocenters. The summed E-state index contributed by atoms with van der Waals surface area (Å²) in [5.74, 6) is -0.753. The second kappa shape index (κ2) is 6.32. The number of hydrogen-bond donors (Lipinski definition) is 1. The number of carbonyl (C=O) groups excluding carboxylic acids is 2. The van der Waals surface area contributed by atoms with E-state index in [9.17, 15) is 9.59 Å². The minimum absolute atomic E-state index is 0.266. The Hall–Kier alpha value is -3.14. The van der Waals surface area contributed by atoms with Crippen LogP contribution in [0.1, 0.15) is 20.7 Å². The number of benzene rings is 3. The smallest absolute Gasteiger partial charge is 0.339 e. The fourth-order valence-corrected chi connectivity index (χ4v) is 2.49. The van der Waals surface area contributed by atoms with Crippen LogP contribution >= 0.6 is 0 Å². The number of fused-ring (bicyclic) bond motifs is 1. The molecular formula is C19H15NO3. The number of ether oxygens (including phenoxy) is 1. The van der Waals surface area contributed by atoms with E-state index < -0.39 is 5.97 Å². The lowest BCUT2D eigenvalue weighted by Crippen LogP contribution is -2.15. The Morgan fingerprint density at radius 2 is 1.48 bits per heavy atom. The van der Waals surface area contributed by atoms with Gasteiger partial charge in [-0.05, 0) is 29.0 Å². The SMILES string of the molecule is COC(=O)c1ccccc1NC(=O)c1cccc2ccccc12. The van der Waals surface area contributed by atoms with Gasteiger partial charge in [-0.25, -0.2) is 4.79 Å². The van der Waals surface area contributed by atoms with Crippen LogP contribution in [0.4, 0.5) is 5.69 Å². The molecular weight excluding hydrogens is 290 g/mol. The van der Waals surface area contributed by atoms with Crippen LogP contribution in [0, 0.1) is 0 Å². The Balaban J connectivity index is 1.98. The number of rotatable bonds is 3. The zero-order valence-corrected chi connectivity index (χ0v) is 12.6. The van der Waals surface area contributed by atoms with Crippen LogP contribution in [-0.2, 0) is 4.74 Å². The molecule has 3 rings (SSSR count). The number of amides is 1. The second-order valence-electron chi connectivity index (χ2n) is 5.02. The lowest BCUT2D eigenvalue weighted by Gasteiger charge is -2.11. The largest absolute Gasteiger partial charge is 0.465 e. The molecule has 0 atom stereocenters. The van der Waals surface area contributed by atoms with Crippen LogP contribution in [-0.4, -0.2) is 19.0 Å². The fraction of sp³-hybridized carbons (Fsp3) is 0.0526. The van der Waals surface area contributed by atoms with Crippen LogP contribution < -0.4 is 5.32 Å². The summed E-state index contributed by atoms with van der Waals surface area (Å²) in [4.78, 5) is 24.4. The Morgan fingerprint density at radius 3 is 2.30 bits per heavy atom. The second-order valence-corrected chi connectivity index (χ2v) is 5.02. The van der Waals surface area contributed by atoms with Gasteiger partial charge in [0.1, 0.15) is 0 Å². The number of anilines is 1. The van der Waals surface area contributed by atoms with Crippen LogP contribution in [0.5, 0.6) is 0 Å². The van der Waals surface area contributed by atoms with Crippen molar-refractivity contribution in [3.63, 3.8) is 0 Å². The van der Waals surface area contributed by atoms with Gasteiger partial charge >= 0.3 is 5.97 Å². The van der Waals surface area contributed by atoms with E-state index in [0.717, 1.165) is 10.8 Å². The van der Waals surface area contributed by atoms with Gasteiger partial charge in [0.25, 0.3) is 5.91 Å².